The van der Waals surface area contributed by atoms with Crippen LogP contribution < -0.4 is 5.32 Å². The van der Waals surface area contributed by atoms with Crippen molar-refractivity contribution in [2.45, 2.75) is 26.2 Å². The Labute approximate surface area is 180 Å². The van der Waals surface area contributed by atoms with Crippen LogP contribution in [-0.2, 0) is 11.2 Å². The molecule has 1 aliphatic heterocycles. The van der Waals surface area contributed by atoms with Crippen molar-refractivity contribution in [3.8, 4) is 0 Å². The zero-order valence-corrected chi connectivity index (χ0v) is 17.7. The molecule has 4 rings (SSSR count). The summed E-state index contributed by atoms with van der Waals surface area (Å²) in [6.45, 7) is 3.86. The van der Waals surface area contributed by atoms with Crippen LogP contribution in [0.1, 0.15) is 36.0 Å². The molecular formula is C23H26ClN3O3. The molecule has 1 atom stereocenters. The molecule has 7 heteroatoms. The van der Waals surface area contributed by atoms with Gasteiger partial charge in [0, 0.05) is 47.9 Å². The number of amides is 2. The van der Waals surface area contributed by atoms with Gasteiger partial charge in [0.15, 0.2) is 0 Å². The van der Waals surface area contributed by atoms with Crippen molar-refractivity contribution in [3.63, 3.8) is 0 Å². The van der Waals surface area contributed by atoms with Crippen molar-refractivity contribution in [3.05, 3.63) is 59.1 Å². The summed E-state index contributed by atoms with van der Waals surface area (Å²) in [7, 11) is 0. The third-order valence-corrected chi connectivity index (χ3v) is 6.25. The van der Waals surface area contributed by atoms with E-state index in [0.29, 0.717) is 36.8 Å². The van der Waals surface area contributed by atoms with E-state index in [1.54, 1.807) is 12.3 Å². The maximum Gasteiger partial charge on any atom is 0.270 e. The Kier molecular flexibility index (Phi) is 6.13. The highest BCUT2D eigenvalue weighted by molar-refractivity contribution is 6.31. The topological polar surface area (TPSA) is 78.3 Å². The van der Waals surface area contributed by atoms with Gasteiger partial charge in [0.1, 0.15) is 11.5 Å². The van der Waals surface area contributed by atoms with Crippen molar-refractivity contribution in [1.82, 2.24) is 15.2 Å². The standard InChI is InChI=1S/C23H26ClN3O3/c1-15(22(28)25-9-6-19-3-2-12-30-19)16-7-10-27(11-8-16)23(29)21-14-17-13-18(24)4-5-20(17)26-21/h2-5,12-16,26H,6-11H2,1H3,(H,25,28). The van der Waals surface area contributed by atoms with E-state index in [4.69, 9.17) is 16.0 Å². The second-order valence-corrected chi connectivity index (χ2v) is 8.39. The predicted molar refractivity (Wildman–Crippen MR) is 117 cm³/mol. The monoisotopic (exact) mass is 427 g/mol. The highest BCUT2D eigenvalue weighted by Gasteiger charge is 2.30. The summed E-state index contributed by atoms with van der Waals surface area (Å²) in [6, 6.07) is 11.1. The van der Waals surface area contributed by atoms with E-state index in [1.807, 2.05) is 42.2 Å². The first-order chi connectivity index (χ1) is 14.5. The Balaban J connectivity index is 1.28. The number of nitrogens with one attached hydrogen (secondary N) is 2. The van der Waals surface area contributed by atoms with Gasteiger partial charge in [-0.15, -0.1) is 0 Å². The number of halogens is 1. The molecular weight excluding hydrogens is 402 g/mol. The molecule has 158 valence electrons. The van der Waals surface area contributed by atoms with Gasteiger partial charge in [-0.1, -0.05) is 18.5 Å². The Morgan fingerprint density at radius 3 is 2.80 bits per heavy atom. The van der Waals surface area contributed by atoms with Crippen LogP contribution in [-0.4, -0.2) is 41.3 Å². The van der Waals surface area contributed by atoms with Crippen LogP contribution in [0.3, 0.4) is 0 Å². The lowest BCUT2D eigenvalue weighted by atomic mass is 9.84. The lowest BCUT2D eigenvalue weighted by Crippen LogP contribution is -2.43. The van der Waals surface area contributed by atoms with E-state index in [9.17, 15) is 9.59 Å². The number of hydrogen-bond donors (Lipinski definition) is 2. The van der Waals surface area contributed by atoms with Gasteiger partial charge in [0.2, 0.25) is 5.91 Å². The number of benzene rings is 1. The maximum atomic E-state index is 12.9. The fourth-order valence-electron chi connectivity index (χ4n) is 4.13. The molecule has 6 nitrogen and oxygen atoms in total. The van der Waals surface area contributed by atoms with Crippen LogP contribution in [0.5, 0.6) is 0 Å². The van der Waals surface area contributed by atoms with Crippen molar-refractivity contribution in [2.75, 3.05) is 19.6 Å². The summed E-state index contributed by atoms with van der Waals surface area (Å²) in [5.41, 5.74) is 1.48. The van der Waals surface area contributed by atoms with Gasteiger partial charge in [-0.3, -0.25) is 9.59 Å². The Bertz CT molecular complexity index is 1020. The van der Waals surface area contributed by atoms with Crippen molar-refractivity contribution < 1.29 is 14.0 Å². The third kappa shape index (κ3) is 4.54. The number of carbonyl (C=O) groups excluding carboxylic acids is 2. The average molecular weight is 428 g/mol. The van der Waals surface area contributed by atoms with Gasteiger partial charge in [0.05, 0.1) is 6.26 Å². The van der Waals surface area contributed by atoms with Gasteiger partial charge < -0.3 is 19.6 Å². The van der Waals surface area contributed by atoms with E-state index >= 15 is 0 Å². The number of nitrogens with zero attached hydrogens (tertiary/aromatic N) is 1. The quantitative estimate of drug-likeness (QED) is 0.616. The molecule has 0 spiro atoms. The molecule has 3 aromatic rings. The number of piperidine rings is 1. The number of likely N-dealkylation sites (tertiary alicyclic amines) is 1. The minimum Gasteiger partial charge on any atom is -0.469 e. The average Bonchev–Trinajstić information content (AvgIpc) is 3.42. The SMILES string of the molecule is CC(C(=O)NCCc1ccco1)C1CCN(C(=O)c2cc3cc(Cl)ccc3[nH]2)CC1. The van der Waals surface area contributed by atoms with Gasteiger partial charge >= 0.3 is 0 Å². The van der Waals surface area contributed by atoms with Gasteiger partial charge in [-0.2, -0.15) is 0 Å². The molecule has 1 saturated heterocycles. The molecule has 2 amide bonds. The molecule has 0 bridgehead atoms. The van der Waals surface area contributed by atoms with Crippen LogP contribution in [0.4, 0.5) is 0 Å². The molecule has 2 N–H and O–H groups in total. The normalized spacial score (nSPS) is 16.0. The Morgan fingerprint density at radius 2 is 2.07 bits per heavy atom. The zero-order valence-electron chi connectivity index (χ0n) is 17.0. The largest absolute Gasteiger partial charge is 0.469 e. The van der Waals surface area contributed by atoms with Crippen LogP contribution in [0.2, 0.25) is 5.02 Å². The number of H-pyrrole nitrogens is 1. The van der Waals surface area contributed by atoms with E-state index < -0.39 is 0 Å². The number of hydrogen-bond acceptors (Lipinski definition) is 3. The molecule has 0 radical (unpaired) electrons. The molecule has 2 aromatic heterocycles. The number of fused-ring (bicyclic) bond motifs is 1. The number of aromatic amines is 1. The van der Waals surface area contributed by atoms with Crippen LogP contribution >= 0.6 is 11.6 Å². The van der Waals surface area contributed by atoms with Gasteiger partial charge in [0.25, 0.3) is 5.91 Å². The Morgan fingerprint density at radius 1 is 1.27 bits per heavy atom. The van der Waals surface area contributed by atoms with Crippen LogP contribution in [0.15, 0.2) is 47.1 Å². The van der Waals surface area contributed by atoms with Crippen molar-refractivity contribution >= 4 is 34.3 Å². The van der Waals surface area contributed by atoms with E-state index in [-0.39, 0.29) is 23.7 Å². The summed E-state index contributed by atoms with van der Waals surface area (Å²) in [6.07, 6.45) is 3.98. The first-order valence-corrected chi connectivity index (χ1v) is 10.8. The molecule has 1 aliphatic rings. The van der Waals surface area contributed by atoms with Crippen LogP contribution in [0.25, 0.3) is 10.9 Å². The summed E-state index contributed by atoms with van der Waals surface area (Å²) < 4.78 is 5.29. The molecule has 1 aromatic carbocycles. The first kappa shape index (κ1) is 20.5. The highest BCUT2D eigenvalue weighted by Crippen LogP contribution is 2.27. The molecule has 30 heavy (non-hydrogen) atoms. The lowest BCUT2D eigenvalue weighted by molar-refractivity contribution is -0.126. The fraction of sp³-hybridized carbons (Fsp3) is 0.391. The summed E-state index contributed by atoms with van der Waals surface area (Å²) in [5, 5.41) is 4.58. The van der Waals surface area contributed by atoms with Gasteiger partial charge in [-0.05, 0) is 55.2 Å². The maximum absolute atomic E-state index is 12.9. The van der Waals surface area contributed by atoms with E-state index in [1.165, 1.54) is 0 Å². The smallest absolute Gasteiger partial charge is 0.270 e. The molecule has 0 saturated carbocycles. The number of rotatable bonds is 6. The van der Waals surface area contributed by atoms with E-state index in [0.717, 1.165) is 29.5 Å². The highest BCUT2D eigenvalue weighted by atomic mass is 35.5. The zero-order chi connectivity index (χ0) is 21.1. The summed E-state index contributed by atoms with van der Waals surface area (Å²) >= 11 is 6.04. The van der Waals surface area contributed by atoms with Crippen molar-refractivity contribution in [1.29, 1.82) is 0 Å². The summed E-state index contributed by atoms with van der Waals surface area (Å²) in [5.74, 6) is 1.14. The second-order valence-electron chi connectivity index (χ2n) is 7.95. The van der Waals surface area contributed by atoms with Gasteiger partial charge in [-0.25, -0.2) is 0 Å². The minimum atomic E-state index is -0.0749. The third-order valence-electron chi connectivity index (χ3n) is 6.01. The first-order valence-electron chi connectivity index (χ1n) is 10.4. The number of aromatic nitrogens is 1. The second kappa shape index (κ2) is 8.96. The molecule has 0 aliphatic carbocycles. The minimum absolute atomic E-state index is 0.00340. The molecule has 1 unspecified atom stereocenters. The van der Waals surface area contributed by atoms with Crippen LogP contribution in [0, 0.1) is 11.8 Å². The Hall–Kier alpha value is -2.73. The molecule has 3 heterocycles. The lowest BCUT2D eigenvalue weighted by Gasteiger charge is -2.34. The number of carbonyl (C=O) groups is 2. The number of furan rings is 1. The van der Waals surface area contributed by atoms with Crippen molar-refractivity contribution in [2.24, 2.45) is 11.8 Å². The van der Waals surface area contributed by atoms with E-state index in [2.05, 4.69) is 10.3 Å². The fourth-order valence-corrected chi connectivity index (χ4v) is 4.31. The summed E-state index contributed by atoms with van der Waals surface area (Å²) in [4.78, 5) is 30.4. The molecule has 1 fully saturated rings. The predicted octanol–water partition coefficient (Wildman–Crippen LogP) is 4.26.